The van der Waals surface area contributed by atoms with Crippen LogP contribution in [0, 0.1) is 6.92 Å². The summed E-state index contributed by atoms with van der Waals surface area (Å²) < 4.78 is 29.7. The van der Waals surface area contributed by atoms with Crippen molar-refractivity contribution in [3.63, 3.8) is 0 Å². The van der Waals surface area contributed by atoms with Crippen molar-refractivity contribution in [1.82, 2.24) is 0 Å². The largest absolute Gasteiger partial charge is 0.465 e. The molecule has 0 aliphatic heterocycles. The number of halogens is 1. The summed E-state index contributed by atoms with van der Waals surface area (Å²) in [6, 6.07) is 2.98. The maximum absolute atomic E-state index is 12.8. The number of carbonyl (C=O) groups excluding carboxylic acids is 1. The number of allylic oxidation sites excluding steroid dienone is 1. The van der Waals surface area contributed by atoms with Crippen LogP contribution in [0.15, 0.2) is 34.2 Å². The number of aryl methyl sites for hydroxylation is 1. The van der Waals surface area contributed by atoms with Gasteiger partial charge in [-0.15, -0.1) is 6.58 Å². The van der Waals surface area contributed by atoms with Crippen molar-refractivity contribution < 1.29 is 17.9 Å². The standard InChI is InChI=1S/C15H19BrO4S/c1-6-7-15(3,4)21(18,19)13-9-11(14(17)20-5)10(2)8-12(13)16/h6,8-9H,1,7H2,2-5H3. The highest BCUT2D eigenvalue weighted by molar-refractivity contribution is 9.10. The monoisotopic (exact) mass is 374 g/mol. The molecule has 116 valence electrons. The Morgan fingerprint density at radius 2 is 2.00 bits per heavy atom. The second-order valence-corrected chi connectivity index (χ2v) is 8.75. The molecule has 4 nitrogen and oxygen atoms in total. The van der Waals surface area contributed by atoms with Crippen LogP contribution in [0.4, 0.5) is 0 Å². The Morgan fingerprint density at radius 3 is 2.48 bits per heavy atom. The molecule has 0 amide bonds. The molecule has 0 N–H and O–H groups in total. The number of hydrogen-bond donors (Lipinski definition) is 0. The highest BCUT2D eigenvalue weighted by Crippen LogP contribution is 2.35. The minimum Gasteiger partial charge on any atom is -0.465 e. The number of carbonyl (C=O) groups is 1. The fourth-order valence-electron chi connectivity index (χ4n) is 1.94. The maximum Gasteiger partial charge on any atom is 0.338 e. The van der Waals surface area contributed by atoms with E-state index in [4.69, 9.17) is 4.74 Å². The predicted octanol–water partition coefficient (Wildman–Crippen LogP) is 3.67. The summed E-state index contributed by atoms with van der Waals surface area (Å²) in [5.74, 6) is -0.557. The molecule has 0 aromatic heterocycles. The van der Waals surface area contributed by atoms with Gasteiger partial charge in [-0.25, -0.2) is 13.2 Å². The van der Waals surface area contributed by atoms with Gasteiger partial charge in [0.1, 0.15) is 0 Å². The Bertz CT molecular complexity index is 675. The fourth-order valence-corrected chi connectivity index (χ4v) is 4.56. The van der Waals surface area contributed by atoms with Crippen molar-refractivity contribution in [2.45, 2.75) is 36.8 Å². The molecule has 0 unspecified atom stereocenters. The highest BCUT2D eigenvalue weighted by atomic mass is 79.9. The molecule has 1 aromatic carbocycles. The van der Waals surface area contributed by atoms with Gasteiger partial charge in [-0.1, -0.05) is 6.08 Å². The maximum atomic E-state index is 12.8. The van der Waals surface area contributed by atoms with E-state index in [0.29, 0.717) is 16.5 Å². The average Bonchev–Trinajstić information content (AvgIpc) is 2.37. The molecule has 0 fully saturated rings. The average molecular weight is 375 g/mol. The Kier molecular flexibility index (Phi) is 5.39. The molecule has 1 rings (SSSR count). The molecule has 0 bridgehead atoms. The van der Waals surface area contributed by atoms with Gasteiger partial charge >= 0.3 is 5.97 Å². The molecule has 0 radical (unpaired) electrons. The number of rotatable bonds is 5. The number of ether oxygens (including phenoxy) is 1. The Morgan fingerprint density at radius 1 is 1.43 bits per heavy atom. The fraction of sp³-hybridized carbons (Fsp3) is 0.400. The SMILES string of the molecule is C=CCC(C)(C)S(=O)(=O)c1cc(C(=O)OC)c(C)cc1Br. The van der Waals surface area contributed by atoms with Gasteiger partial charge in [-0.2, -0.15) is 0 Å². The van der Waals surface area contributed by atoms with E-state index in [1.807, 2.05) is 0 Å². The lowest BCUT2D eigenvalue weighted by molar-refractivity contribution is 0.0599. The summed E-state index contributed by atoms with van der Waals surface area (Å²) in [5.41, 5.74) is 0.892. The van der Waals surface area contributed by atoms with Gasteiger partial charge in [0, 0.05) is 4.47 Å². The van der Waals surface area contributed by atoms with Crippen molar-refractivity contribution >= 4 is 31.7 Å². The number of benzene rings is 1. The zero-order chi connectivity index (χ0) is 16.4. The molecule has 0 saturated heterocycles. The van der Waals surface area contributed by atoms with Crippen molar-refractivity contribution in [3.05, 3.63) is 40.4 Å². The first kappa shape index (κ1) is 17.9. The first-order chi connectivity index (χ1) is 9.58. The van der Waals surface area contributed by atoms with Crippen LogP contribution in [0.5, 0.6) is 0 Å². The van der Waals surface area contributed by atoms with Gasteiger partial charge < -0.3 is 4.74 Å². The van der Waals surface area contributed by atoms with Crippen molar-refractivity contribution in [2.75, 3.05) is 7.11 Å². The van der Waals surface area contributed by atoms with Crippen LogP contribution in [0.3, 0.4) is 0 Å². The normalized spacial score (nSPS) is 12.0. The smallest absolute Gasteiger partial charge is 0.338 e. The molecule has 0 aliphatic rings. The summed E-state index contributed by atoms with van der Waals surface area (Å²) in [5, 5.41) is 0. The first-order valence-electron chi connectivity index (χ1n) is 6.32. The van der Waals surface area contributed by atoms with Gasteiger partial charge in [0.15, 0.2) is 9.84 Å². The van der Waals surface area contributed by atoms with Crippen molar-refractivity contribution in [2.24, 2.45) is 0 Å². The van der Waals surface area contributed by atoms with Gasteiger partial charge in [-0.05, 0) is 60.8 Å². The summed E-state index contributed by atoms with van der Waals surface area (Å²) in [7, 11) is -2.37. The van der Waals surface area contributed by atoms with Crippen LogP contribution in [-0.4, -0.2) is 26.2 Å². The molecule has 0 atom stereocenters. The van der Waals surface area contributed by atoms with Crippen LogP contribution < -0.4 is 0 Å². The number of methoxy groups -OCH3 is 1. The van der Waals surface area contributed by atoms with Crippen LogP contribution in [0.25, 0.3) is 0 Å². The Labute approximate surface area is 134 Å². The van der Waals surface area contributed by atoms with E-state index in [1.54, 1.807) is 32.9 Å². The minimum absolute atomic E-state index is 0.0837. The van der Waals surface area contributed by atoms with Crippen LogP contribution in [0.2, 0.25) is 0 Å². The zero-order valence-corrected chi connectivity index (χ0v) is 15.0. The zero-order valence-electron chi connectivity index (χ0n) is 12.6. The minimum atomic E-state index is -3.64. The van der Waals surface area contributed by atoms with E-state index in [1.165, 1.54) is 13.2 Å². The number of esters is 1. The van der Waals surface area contributed by atoms with Gasteiger partial charge in [0.25, 0.3) is 0 Å². The van der Waals surface area contributed by atoms with Crippen molar-refractivity contribution in [1.29, 1.82) is 0 Å². The Balaban J connectivity index is 3.57. The summed E-state index contributed by atoms with van der Waals surface area (Å²) in [6.07, 6.45) is 1.88. The number of hydrogen-bond acceptors (Lipinski definition) is 4. The summed E-state index contributed by atoms with van der Waals surface area (Å²) in [4.78, 5) is 11.8. The van der Waals surface area contributed by atoms with Gasteiger partial charge in [0.2, 0.25) is 0 Å². The summed E-state index contributed by atoms with van der Waals surface area (Å²) in [6.45, 7) is 8.59. The van der Waals surface area contributed by atoms with Crippen LogP contribution >= 0.6 is 15.9 Å². The topological polar surface area (TPSA) is 60.4 Å². The molecular formula is C15H19BrO4S. The van der Waals surface area contributed by atoms with E-state index in [9.17, 15) is 13.2 Å². The van der Waals surface area contributed by atoms with E-state index >= 15 is 0 Å². The second-order valence-electron chi connectivity index (χ2n) is 5.35. The molecule has 6 heteroatoms. The quantitative estimate of drug-likeness (QED) is 0.582. The molecule has 21 heavy (non-hydrogen) atoms. The summed E-state index contributed by atoms with van der Waals surface area (Å²) >= 11 is 3.27. The highest BCUT2D eigenvalue weighted by Gasteiger charge is 2.36. The van der Waals surface area contributed by atoms with Crippen LogP contribution in [0.1, 0.15) is 36.2 Å². The van der Waals surface area contributed by atoms with Gasteiger partial charge in [0.05, 0.1) is 22.3 Å². The van der Waals surface area contributed by atoms with Crippen molar-refractivity contribution in [3.8, 4) is 0 Å². The lowest BCUT2D eigenvalue weighted by Gasteiger charge is -2.24. The molecular weight excluding hydrogens is 356 g/mol. The third-order valence-corrected chi connectivity index (χ3v) is 6.79. The first-order valence-corrected chi connectivity index (χ1v) is 8.60. The van der Waals surface area contributed by atoms with E-state index in [-0.39, 0.29) is 10.5 Å². The predicted molar refractivity (Wildman–Crippen MR) is 86.3 cm³/mol. The lowest BCUT2D eigenvalue weighted by atomic mass is 10.1. The number of sulfone groups is 1. The van der Waals surface area contributed by atoms with E-state index in [0.717, 1.165) is 0 Å². The van der Waals surface area contributed by atoms with E-state index in [2.05, 4.69) is 22.5 Å². The molecule has 1 aromatic rings. The molecule has 0 heterocycles. The second kappa shape index (κ2) is 6.32. The molecule has 0 spiro atoms. The molecule has 0 aliphatic carbocycles. The van der Waals surface area contributed by atoms with E-state index < -0.39 is 20.6 Å². The third-order valence-electron chi connectivity index (χ3n) is 3.34. The lowest BCUT2D eigenvalue weighted by Crippen LogP contribution is -2.31. The third kappa shape index (κ3) is 3.37. The Hall–Kier alpha value is -1.14. The van der Waals surface area contributed by atoms with Gasteiger partial charge in [-0.3, -0.25) is 0 Å². The van der Waals surface area contributed by atoms with Crippen LogP contribution in [-0.2, 0) is 14.6 Å². The molecule has 0 saturated carbocycles.